The molecule has 1 aromatic rings. The van der Waals surface area contributed by atoms with Gasteiger partial charge in [0.2, 0.25) is 0 Å². The van der Waals surface area contributed by atoms with Crippen LogP contribution in [0, 0.1) is 6.42 Å². The Morgan fingerprint density at radius 3 is 2.43 bits per heavy atom. The van der Waals surface area contributed by atoms with Gasteiger partial charge in [0.15, 0.2) is 0 Å². The smallest absolute Gasteiger partial charge is 0.318 e. The van der Waals surface area contributed by atoms with Gasteiger partial charge in [0.25, 0.3) is 0 Å². The first-order valence-corrected chi connectivity index (χ1v) is 5.21. The molecule has 0 nitrogen and oxygen atoms in total. The molecule has 1 atom stereocenters. The monoisotopic (exact) mass is 180 g/mol. The summed E-state index contributed by atoms with van der Waals surface area (Å²) in [5, 5.41) is 0. The molecule has 1 saturated carbocycles. The second-order valence-electron chi connectivity index (χ2n) is 4.23. The van der Waals surface area contributed by atoms with Crippen LogP contribution in [0.4, 0.5) is 0 Å². The summed E-state index contributed by atoms with van der Waals surface area (Å²) in [6.45, 7) is 2.36. The molecule has 0 unspecified atom stereocenters. The third-order valence-corrected chi connectivity index (χ3v) is 3.18. The van der Waals surface area contributed by atoms with Gasteiger partial charge < -0.3 is 6.42 Å². The van der Waals surface area contributed by atoms with Crippen molar-refractivity contribution in [1.82, 2.24) is 0 Å². The number of hydrogen-bond donors (Lipinski definition) is 0. The van der Waals surface area contributed by atoms with Crippen molar-refractivity contribution in [3.05, 3.63) is 42.3 Å². The van der Waals surface area contributed by atoms with Gasteiger partial charge in [0.1, 0.15) is 0 Å². The molecule has 0 aromatic heterocycles. The summed E-state index contributed by atoms with van der Waals surface area (Å²) >= 11 is 0. The molecular weight excluding hydrogens is 163 g/mol. The Morgan fingerprint density at radius 1 is 1.14 bits per heavy atom. The molecule has 0 amide bonds. The van der Waals surface area contributed by atoms with E-state index in [1.54, 1.807) is 0 Å². The molecule has 0 N–H and O–H groups in total. The summed E-state index contributed by atoms with van der Waals surface area (Å²) < 4.78 is 0. The van der Waals surface area contributed by atoms with Crippen molar-refractivity contribution in [1.29, 1.82) is 0 Å². The Labute approximate surface area is 99.3 Å². The quantitative estimate of drug-likeness (QED) is 0.441. The van der Waals surface area contributed by atoms with Crippen molar-refractivity contribution in [2.24, 2.45) is 0 Å². The van der Waals surface area contributed by atoms with Gasteiger partial charge in [-0.3, -0.25) is 0 Å². The van der Waals surface area contributed by atoms with Gasteiger partial charge in [-0.05, 0) is 0 Å². The van der Waals surface area contributed by atoms with Crippen molar-refractivity contribution >= 4 is 0 Å². The molecule has 0 aliphatic heterocycles. The summed E-state index contributed by atoms with van der Waals surface area (Å²) in [5.74, 6) is 0. The maximum Gasteiger partial charge on any atom is 1.00 e. The molecule has 1 heteroatoms. The van der Waals surface area contributed by atoms with E-state index in [-0.39, 0.29) is 18.9 Å². The molecule has 2 rings (SSSR count). The van der Waals surface area contributed by atoms with Gasteiger partial charge in [-0.2, -0.15) is 6.42 Å². The van der Waals surface area contributed by atoms with Crippen molar-refractivity contribution in [3.8, 4) is 0 Å². The van der Waals surface area contributed by atoms with E-state index in [4.69, 9.17) is 0 Å². The summed E-state index contributed by atoms with van der Waals surface area (Å²) in [5.41, 5.74) is 1.83. The maximum atomic E-state index is 2.49. The van der Waals surface area contributed by atoms with E-state index in [1.807, 2.05) is 0 Å². The largest absolute Gasteiger partial charge is 1.00 e. The average Bonchev–Trinajstić information content (AvgIpc) is 2.20. The summed E-state index contributed by atoms with van der Waals surface area (Å²) in [6.07, 6.45) is 7.85. The molecule has 0 bridgehead atoms. The fraction of sp³-hybridized carbons (Fsp3) is 0.462. The minimum absolute atomic E-state index is 0. The first-order valence-electron chi connectivity index (χ1n) is 5.21. The molecular formula is C13H17Li. The minimum atomic E-state index is 0. The van der Waals surface area contributed by atoms with Crippen molar-refractivity contribution in [3.63, 3.8) is 0 Å². The summed E-state index contributed by atoms with van der Waals surface area (Å²) in [4.78, 5) is 0. The Morgan fingerprint density at radius 2 is 1.86 bits per heavy atom. The number of hydrogen-bond acceptors (Lipinski definition) is 0. The Kier molecular flexibility index (Phi) is 4.29. The predicted octanol–water partition coefficient (Wildman–Crippen LogP) is 0.727. The van der Waals surface area contributed by atoms with E-state index in [9.17, 15) is 0 Å². The third kappa shape index (κ3) is 2.44. The van der Waals surface area contributed by atoms with Gasteiger partial charge >= 0.3 is 18.9 Å². The van der Waals surface area contributed by atoms with Crippen LogP contribution in [0.15, 0.2) is 30.3 Å². The normalized spacial score (nSPS) is 26.6. The molecule has 1 aromatic carbocycles. The van der Waals surface area contributed by atoms with E-state index < -0.39 is 0 Å². The van der Waals surface area contributed by atoms with Crippen LogP contribution in [0.2, 0.25) is 0 Å². The van der Waals surface area contributed by atoms with Gasteiger partial charge in [-0.15, -0.1) is 5.41 Å². The molecule has 0 spiro atoms. The summed E-state index contributed by atoms with van der Waals surface area (Å²) in [6, 6.07) is 10.9. The second-order valence-corrected chi connectivity index (χ2v) is 4.23. The van der Waals surface area contributed by atoms with Crippen LogP contribution in [0.1, 0.15) is 38.2 Å². The maximum absolute atomic E-state index is 2.49. The molecule has 0 saturated heterocycles. The Bertz CT molecular complexity index is 260. The number of benzene rings is 1. The summed E-state index contributed by atoms with van der Waals surface area (Å²) in [7, 11) is 0. The van der Waals surface area contributed by atoms with Crippen LogP contribution in [0.25, 0.3) is 0 Å². The molecule has 1 aliphatic rings. The van der Waals surface area contributed by atoms with Crippen molar-refractivity contribution in [2.75, 3.05) is 0 Å². The van der Waals surface area contributed by atoms with Crippen LogP contribution >= 0.6 is 0 Å². The fourth-order valence-corrected chi connectivity index (χ4v) is 2.24. The molecule has 1 aliphatic carbocycles. The van der Waals surface area contributed by atoms with Crippen molar-refractivity contribution in [2.45, 2.75) is 38.0 Å². The zero-order valence-corrected chi connectivity index (χ0v) is 9.29. The van der Waals surface area contributed by atoms with E-state index in [2.05, 4.69) is 43.7 Å². The molecule has 1 fully saturated rings. The third-order valence-electron chi connectivity index (χ3n) is 3.18. The Hall–Kier alpha value is -0.183. The molecule has 0 heterocycles. The van der Waals surface area contributed by atoms with Crippen LogP contribution in [-0.4, -0.2) is 0 Å². The van der Waals surface area contributed by atoms with Gasteiger partial charge in [-0.25, -0.2) is 0 Å². The molecule has 14 heavy (non-hydrogen) atoms. The molecule has 70 valence electrons. The topological polar surface area (TPSA) is 0 Å². The zero-order valence-electron chi connectivity index (χ0n) is 9.29. The first-order chi connectivity index (χ1) is 6.31. The van der Waals surface area contributed by atoms with E-state index in [1.165, 1.54) is 31.2 Å². The van der Waals surface area contributed by atoms with E-state index in [0.29, 0.717) is 5.41 Å². The van der Waals surface area contributed by atoms with E-state index >= 15 is 0 Å². The minimum Gasteiger partial charge on any atom is -0.318 e. The predicted molar refractivity (Wildman–Crippen MR) is 56.6 cm³/mol. The average molecular weight is 180 g/mol. The number of rotatable bonds is 1. The van der Waals surface area contributed by atoms with Crippen LogP contribution in [-0.2, 0) is 5.41 Å². The second kappa shape index (κ2) is 5.06. The van der Waals surface area contributed by atoms with Crippen LogP contribution in [0.3, 0.4) is 0 Å². The fourth-order valence-electron chi connectivity index (χ4n) is 2.24. The zero-order chi connectivity index (χ0) is 9.15. The first kappa shape index (κ1) is 11.9. The van der Waals surface area contributed by atoms with Gasteiger partial charge in [0, 0.05) is 0 Å². The standard InChI is InChI=1S/C13H17.Li/c1-13(10-6-3-7-11-13)12-8-4-2-5-9-12;/h2,4-5,8-10H,3,6-7,11H2,1H3;/q-1;+1/t13-;/m0./s1. The van der Waals surface area contributed by atoms with Gasteiger partial charge in [0.05, 0.1) is 0 Å². The van der Waals surface area contributed by atoms with Gasteiger partial charge in [-0.1, -0.05) is 62.1 Å². The van der Waals surface area contributed by atoms with Crippen LogP contribution in [0.5, 0.6) is 0 Å². The molecule has 0 radical (unpaired) electrons. The van der Waals surface area contributed by atoms with E-state index in [0.717, 1.165) is 0 Å². The SMILES string of the molecule is C[C@]1(c2ccccc2)[CH-]CCCC1.[Li+]. The van der Waals surface area contributed by atoms with Crippen LogP contribution < -0.4 is 18.9 Å². The Balaban J connectivity index is 0.000000980. The van der Waals surface area contributed by atoms with Crippen molar-refractivity contribution < 1.29 is 18.9 Å².